The summed E-state index contributed by atoms with van der Waals surface area (Å²) in [7, 11) is 0. The highest BCUT2D eigenvalue weighted by molar-refractivity contribution is 5.68. The van der Waals surface area contributed by atoms with Crippen LogP contribution in [-0.4, -0.2) is 116 Å². The van der Waals surface area contributed by atoms with E-state index in [2.05, 4.69) is 57.2 Å². The number of benzene rings is 2. The fourth-order valence-corrected chi connectivity index (χ4v) is 5.40. The van der Waals surface area contributed by atoms with E-state index in [1.807, 2.05) is 0 Å². The van der Waals surface area contributed by atoms with E-state index >= 15 is 0 Å². The van der Waals surface area contributed by atoms with Crippen LogP contribution in [0.3, 0.4) is 0 Å². The lowest BCUT2D eigenvalue weighted by Gasteiger charge is -2.29. The highest BCUT2D eigenvalue weighted by Crippen LogP contribution is 2.39. The molecule has 0 amide bonds. The van der Waals surface area contributed by atoms with Gasteiger partial charge in [-0.25, -0.2) is 0 Å². The molecule has 10 heteroatoms. The lowest BCUT2D eigenvalue weighted by Crippen LogP contribution is -2.33. The predicted octanol–water partition coefficient (Wildman–Crippen LogP) is 2.68. The van der Waals surface area contributed by atoms with E-state index in [9.17, 15) is 0 Å². The van der Waals surface area contributed by atoms with Gasteiger partial charge in [-0.2, -0.15) is 0 Å². The van der Waals surface area contributed by atoms with Crippen molar-refractivity contribution in [3.05, 3.63) is 42.5 Å². The highest BCUT2D eigenvalue weighted by Gasteiger charge is 2.34. The molecule has 6 unspecified atom stereocenters. The normalized spacial score (nSPS) is 30.0. The molecular weight excluding hydrogens is 526 g/mol. The minimum absolute atomic E-state index is 0.253. The van der Waals surface area contributed by atoms with Crippen LogP contribution < -0.4 is 19.4 Å². The van der Waals surface area contributed by atoms with Crippen LogP contribution in [0.1, 0.15) is 6.42 Å². The minimum atomic E-state index is 0.253. The molecule has 0 saturated carbocycles. The SMILES string of the molecule is c1cc(N(CCC2CO2)CC2CO2)ccc1Oc1ccc(N(CC2CO2)CC2CO2)cc1N(CC1CO1)CC1CO1. The van der Waals surface area contributed by atoms with Crippen LogP contribution in [0.2, 0.25) is 0 Å². The maximum atomic E-state index is 6.60. The molecule has 0 aliphatic carbocycles. The van der Waals surface area contributed by atoms with E-state index in [1.54, 1.807) is 0 Å². The third-order valence-electron chi connectivity index (χ3n) is 8.33. The second kappa shape index (κ2) is 11.2. The van der Waals surface area contributed by atoms with Crippen molar-refractivity contribution in [2.24, 2.45) is 0 Å². The van der Waals surface area contributed by atoms with Crippen molar-refractivity contribution in [2.75, 3.05) is 93.6 Å². The minimum Gasteiger partial charge on any atom is -0.455 e. The van der Waals surface area contributed by atoms with Gasteiger partial charge in [0.05, 0.1) is 82.0 Å². The molecule has 6 atom stereocenters. The maximum absolute atomic E-state index is 6.60. The summed E-state index contributed by atoms with van der Waals surface area (Å²) in [6, 6.07) is 15.0. The molecule has 6 heterocycles. The first-order chi connectivity index (χ1) is 20.2. The first kappa shape index (κ1) is 26.1. The molecule has 0 aromatic heterocycles. The topological polar surface area (TPSA) is 94.1 Å². The zero-order chi connectivity index (χ0) is 27.2. The van der Waals surface area contributed by atoms with E-state index in [-0.39, 0.29) is 12.2 Å². The Morgan fingerprint density at radius 1 is 0.537 bits per heavy atom. The van der Waals surface area contributed by atoms with Crippen LogP contribution >= 0.6 is 0 Å². The summed E-state index contributed by atoms with van der Waals surface area (Å²) in [4.78, 5) is 7.17. The molecule has 41 heavy (non-hydrogen) atoms. The Bertz CT molecular complexity index is 1160. The third kappa shape index (κ3) is 7.43. The molecule has 6 saturated heterocycles. The lowest BCUT2D eigenvalue weighted by molar-refractivity contribution is 0.387. The van der Waals surface area contributed by atoms with Crippen molar-refractivity contribution in [3.8, 4) is 11.5 Å². The standard InChI is InChI=1S/C31H39N3O7/c1-4-23(5-2-21(1)32(10-25-16-36-25)8-7-24-15-35-24)41-31-6-3-22(33(11-26-17-37-26)12-27-18-38-27)9-30(31)34(13-28-19-39-28)14-29-20-40-29/h1-6,9,24-29H,7-8,10-20H2. The Labute approximate surface area is 240 Å². The summed E-state index contributed by atoms with van der Waals surface area (Å²) in [5.74, 6) is 1.65. The van der Waals surface area contributed by atoms with Gasteiger partial charge < -0.3 is 47.9 Å². The van der Waals surface area contributed by atoms with Crippen LogP contribution in [0.25, 0.3) is 0 Å². The zero-order valence-corrected chi connectivity index (χ0v) is 23.4. The first-order valence-electron chi connectivity index (χ1n) is 15.1. The Morgan fingerprint density at radius 2 is 1.00 bits per heavy atom. The Hall–Kier alpha value is -2.60. The van der Waals surface area contributed by atoms with Crippen LogP contribution in [0.5, 0.6) is 11.5 Å². The zero-order valence-electron chi connectivity index (χ0n) is 23.4. The molecule has 6 aliphatic heterocycles. The average molecular weight is 566 g/mol. The second-order valence-electron chi connectivity index (χ2n) is 12.0. The first-order valence-corrected chi connectivity index (χ1v) is 15.1. The second-order valence-corrected chi connectivity index (χ2v) is 12.0. The van der Waals surface area contributed by atoms with Gasteiger partial charge in [0.2, 0.25) is 0 Å². The Balaban J connectivity index is 1.04. The third-order valence-corrected chi connectivity index (χ3v) is 8.33. The summed E-state index contributed by atoms with van der Waals surface area (Å²) < 4.78 is 40.0. The number of ether oxygens (including phenoxy) is 7. The van der Waals surface area contributed by atoms with Gasteiger partial charge in [-0.15, -0.1) is 0 Å². The number of rotatable bonds is 18. The number of epoxide rings is 6. The van der Waals surface area contributed by atoms with Crippen molar-refractivity contribution < 1.29 is 33.2 Å². The van der Waals surface area contributed by atoms with Gasteiger partial charge in [0.1, 0.15) is 5.75 Å². The summed E-state index contributed by atoms with van der Waals surface area (Å²) in [6.45, 7) is 10.3. The largest absolute Gasteiger partial charge is 0.455 e. The summed E-state index contributed by atoms with van der Waals surface area (Å²) in [6.07, 6.45) is 2.89. The van der Waals surface area contributed by atoms with Gasteiger partial charge in [-0.3, -0.25) is 0 Å². The van der Waals surface area contributed by atoms with Crippen molar-refractivity contribution in [1.29, 1.82) is 0 Å². The Morgan fingerprint density at radius 3 is 1.51 bits per heavy atom. The smallest absolute Gasteiger partial charge is 0.150 e. The van der Waals surface area contributed by atoms with Crippen LogP contribution in [0.15, 0.2) is 42.5 Å². The van der Waals surface area contributed by atoms with Crippen molar-refractivity contribution in [3.63, 3.8) is 0 Å². The maximum Gasteiger partial charge on any atom is 0.150 e. The van der Waals surface area contributed by atoms with E-state index < -0.39 is 0 Å². The molecule has 0 N–H and O–H groups in total. The molecule has 6 aliphatic rings. The molecule has 10 nitrogen and oxygen atoms in total. The molecule has 6 fully saturated rings. The molecule has 2 aromatic rings. The van der Waals surface area contributed by atoms with Crippen LogP contribution in [0.4, 0.5) is 17.1 Å². The monoisotopic (exact) mass is 565 g/mol. The van der Waals surface area contributed by atoms with Crippen LogP contribution in [-0.2, 0) is 28.4 Å². The highest BCUT2D eigenvalue weighted by atomic mass is 16.6. The fourth-order valence-electron chi connectivity index (χ4n) is 5.40. The molecule has 0 spiro atoms. The van der Waals surface area contributed by atoms with Gasteiger partial charge >= 0.3 is 0 Å². The van der Waals surface area contributed by atoms with Crippen molar-refractivity contribution in [2.45, 2.75) is 43.0 Å². The molecule has 0 radical (unpaired) electrons. The van der Waals surface area contributed by atoms with Gasteiger partial charge in [0.15, 0.2) is 5.75 Å². The quantitative estimate of drug-likeness (QED) is 0.251. The summed E-state index contributed by atoms with van der Waals surface area (Å²) >= 11 is 0. The molecule has 2 aromatic carbocycles. The predicted molar refractivity (Wildman–Crippen MR) is 153 cm³/mol. The lowest BCUT2D eigenvalue weighted by atomic mass is 10.1. The summed E-state index contributed by atoms with van der Waals surface area (Å²) in [5, 5.41) is 0. The summed E-state index contributed by atoms with van der Waals surface area (Å²) in [5.41, 5.74) is 3.40. The van der Waals surface area contributed by atoms with E-state index in [0.717, 1.165) is 108 Å². The number of nitrogens with zero attached hydrogens (tertiary/aromatic N) is 3. The number of hydrogen-bond acceptors (Lipinski definition) is 10. The molecular formula is C31H39N3O7. The van der Waals surface area contributed by atoms with Gasteiger partial charge in [0, 0.05) is 50.6 Å². The number of hydrogen-bond donors (Lipinski definition) is 0. The van der Waals surface area contributed by atoms with Gasteiger partial charge in [-0.1, -0.05) is 0 Å². The number of anilines is 3. The van der Waals surface area contributed by atoms with Gasteiger partial charge in [-0.05, 0) is 48.9 Å². The molecule has 8 rings (SSSR count). The van der Waals surface area contributed by atoms with E-state index in [0.29, 0.717) is 24.4 Å². The van der Waals surface area contributed by atoms with E-state index in [1.165, 1.54) is 5.69 Å². The van der Waals surface area contributed by atoms with Crippen molar-refractivity contribution in [1.82, 2.24) is 0 Å². The van der Waals surface area contributed by atoms with Crippen molar-refractivity contribution >= 4 is 17.1 Å². The Kier molecular flexibility index (Phi) is 7.14. The van der Waals surface area contributed by atoms with Gasteiger partial charge in [0.25, 0.3) is 0 Å². The van der Waals surface area contributed by atoms with Crippen LogP contribution in [0, 0.1) is 0 Å². The molecule has 0 bridgehead atoms. The van der Waals surface area contributed by atoms with E-state index in [4.69, 9.17) is 33.2 Å². The fraction of sp³-hybridized carbons (Fsp3) is 0.613. The average Bonchev–Trinajstić information content (AvgIpc) is 3.76. The molecule has 220 valence electrons.